The van der Waals surface area contributed by atoms with Crippen molar-refractivity contribution in [2.45, 2.75) is 44.8 Å². The lowest BCUT2D eigenvalue weighted by atomic mass is 10.0. The van der Waals surface area contributed by atoms with Gasteiger partial charge >= 0.3 is 0 Å². The molecule has 1 amide bonds. The predicted molar refractivity (Wildman–Crippen MR) is 107 cm³/mol. The number of hydrogen-bond acceptors (Lipinski definition) is 4. The van der Waals surface area contributed by atoms with Crippen LogP contribution in [-0.4, -0.2) is 37.7 Å². The van der Waals surface area contributed by atoms with E-state index >= 15 is 0 Å². The first-order valence-corrected chi connectivity index (χ1v) is 9.89. The monoisotopic (exact) mass is 381 g/mol. The summed E-state index contributed by atoms with van der Waals surface area (Å²) in [6.45, 7) is 2.87. The number of benzene rings is 2. The van der Waals surface area contributed by atoms with E-state index in [4.69, 9.17) is 14.2 Å². The lowest BCUT2D eigenvalue weighted by Gasteiger charge is -2.26. The average molecular weight is 381 g/mol. The van der Waals surface area contributed by atoms with Gasteiger partial charge in [0.15, 0.2) is 11.5 Å². The third kappa shape index (κ3) is 3.53. The summed E-state index contributed by atoms with van der Waals surface area (Å²) >= 11 is 0. The number of carbonyl (C=O) groups excluding carboxylic acids is 1. The Balaban J connectivity index is 1.51. The van der Waals surface area contributed by atoms with Gasteiger partial charge in [-0.05, 0) is 54.7 Å². The molecule has 0 bridgehead atoms. The number of nitrogens with zero attached hydrogens (tertiary/aromatic N) is 1. The Bertz CT molecular complexity index is 879. The Morgan fingerprint density at radius 2 is 1.96 bits per heavy atom. The first-order chi connectivity index (χ1) is 13.6. The van der Waals surface area contributed by atoms with E-state index in [-0.39, 0.29) is 18.1 Å². The molecule has 1 fully saturated rings. The van der Waals surface area contributed by atoms with E-state index in [1.54, 1.807) is 14.2 Å². The van der Waals surface area contributed by atoms with E-state index in [2.05, 4.69) is 13.0 Å². The fourth-order valence-electron chi connectivity index (χ4n) is 4.33. The van der Waals surface area contributed by atoms with Gasteiger partial charge in [0.2, 0.25) is 5.91 Å². The second-order valence-electron chi connectivity index (χ2n) is 7.61. The van der Waals surface area contributed by atoms with Gasteiger partial charge in [0, 0.05) is 13.0 Å². The lowest BCUT2D eigenvalue weighted by Crippen LogP contribution is -2.31. The summed E-state index contributed by atoms with van der Waals surface area (Å²) < 4.78 is 16.5. The molecule has 148 valence electrons. The van der Waals surface area contributed by atoms with Crippen LogP contribution in [0, 0.1) is 0 Å². The first-order valence-electron chi connectivity index (χ1n) is 9.89. The quantitative estimate of drug-likeness (QED) is 0.787. The van der Waals surface area contributed by atoms with Gasteiger partial charge in [-0.25, -0.2) is 0 Å². The molecule has 2 aliphatic rings. The van der Waals surface area contributed by atoms with Crippen LogP contribution in [0.2, 0.25) is 0 Å². The second kappa shape index (κ2) is 7.74. The molecule has 0 N–H and O–H groups in total. The van der Waals surface area contributed by atoms with E-state index in [1.165, 1.54) is 5.56 Å². The first kappa shape index (κ1) is 18.7. The molecule has 5 nitrogen and oxygen atoms in total. The molecule has 0 unspecified atom stereocenters. The van der Waals surface area contributed by atoms with E-state index in [0.717, 1.165) is 42.7 Å². The standard InChI is InChI=1S/C23H27NO4/c1-15-11-18-12-16(6-8-20(18)28-15)13-23(25)24-10-4-5-19(24)17-7-9-21(26-2)22(14-17)27-3/h6-9,12,14-15,19H,4-5,10-11,13H2,1-3H3/t15-,19+/m0/s1. The van der Waals surface area contributed by atoms with E-state index in [9.17, 15) is 4.79 Å². The third-order valence-electron chi connectivity index (χ3n) is 5.68. The molecule has 2 atom stereocenters. The highest BCUT2D eigenvalue weighted by Crippen LogP contribution is 2.37. The number of likely N-dealkylation sites (tertiary alicyclic amines) is 1. The molecule has 2 aromatic rings. The molecule has 0 radical (unpaired) electrons. The highest BCUT2D eigenvalue weighted by Gasteiger charge is 2.30. The number of fused-ring (bicyclic) bond motifs is 1. The summed E-state index contributed by atoms with van der Waals surface area (Å²) in [4.78, 5) is 15.1. The van der Waals surface area contributed by atoms with Crippen molar-refractivity contribution in [3.05, 3.63) is 53.1 Å². The molecule has 2 heterocycles. The van der Waals surface area contributed by atoms with Gasteiger partial charge in [0.1, 0.15) is 11.9 Å². The fraction of sp³-hybridized carbons (Fsp3) is 0.435. The summed E-state index contributed by atoms with van der Waals surface area (Å²) in [6, 6.07) is 12.2. The van der Waals surface area contributed by atoms with E-state index in [0.29, 0.717) is 17.9 Å². The van der Waals surface area contributed by atoms with Crippen LogP contribution in [0.1, 0.15) is 42.5 Å². The van der Waals surface area contributed by atoms with Crippen LogP contribution >= 0.6 is 0 Å². The largest absolute Gasteiger partial charge is 0.493 e. The van der Waals surface area contributed by atoms with Crippen molar-refractivity contribution in [3.8, 4) is 17.2 Å². The van der Waals surface area contributed by atoms with Crippen LogP contribution in [0.15, 0.2) is 36.4 Å². The maximum absolute atomic E-state index is 13.1. The van der Waals surface area contributed by atoms with Gasteiger partial charge in [-0.3, -0.25) is 4.79 Å². The zero-order valence-electron chi connectivity index (χ0n) is 16.7. The van der Waals surface area contributed by atoms with Crippen LogP contribution in [-0.2, 0) is 17.6 Å². The fourth-order valence-corrected chi connectivity index (χ4v) is 4.33. The molecule has 0 aliphatic carbocycles. The molecule has 2 aromatic carbocycles. The van der Waals surface area contributed by atoms with Crippen LogP contribution in [0.3, 0.4) is 0 Å². The van der Waals surface area contributed by atoms with Crippen molar-refractivity contribution in [3.63, 3.8) is 0 Å². The predicted octanol–water partition coefficient (Wildman–Crippen LogP) is 3.93. The lowest BCUT2D eigenvalue weighted by molar-refractivity contribution is -0.131. The zero-order chi connectivity index (χ0) is 19.7. The molecular formula is C23H27NO4. The van der Waals surface area contributed by atoms with Crippen molar-refractivity contribution < 1.29 is 19.0 Å². The summed E-state index contributed by atoms with van der Waals surface area (Å²) in [6.07, 6.45) is 3.53. The third-order valence-corrected chi connectivity index (χ3v) is 5.68. The van der Waals surface area contributed by atoms with Crippen molar-refractivity contribution in [2.75, 3.05) is 20.8 Å². The molecule has 2 aliphatic heterocycles. The minimum absolute atomic E-state index is 0.0880. The molecule has 28 heavy (non-hydrogen) atoms. The normalized spacial score (nSPS) is 20.6. The van der Waals surface area contributed by atoms with Crippen molar-refractivity contribution in [1.82, 2.24) is 4.90 Å². The van der Waals surface area contributed by atoms with E-state index < -0.39 is 0 Å². The number of carbonyl (C=O) groups is 1. The van der Waals surface area contributed by atoms with Crippen molar-refractivity contribution >= 4 is 5.91 Å². The Morgan fingerprint density at radius 3 is 2.75 bits per heavy atom. The van der Waals surface area contributed by atoms with E-state index in [1.807, 2.05) is 35.2 Å². The highest BCUT2D eigenvalue weighted by atomic mass is 16.5. The Kier molecular flexibility index (Phi) is 5.16. The van der Waals surface area contributed by atoms with Gasteiger partial charge in [-0.1, -0.05) is 18.2 Å². The summed E-state index contributed by atoms with van der Waals surface area (Å²) in [7, 11) is 3.27. The minimum atomic E-state index is 0.0880. The number of hydrogen-bond donors (Lipinski definition) is 0. The van der Waals surface area contributed by atoms with Crippen LogP contribution in [0.25, 0.3) is 0 Å². The van der Waals surface area contributed by atoms with Gasteiger partial charge in [-0.2, -0.15) is 0 Å². The zero-order valence-corrected chi connectivity index (χ0v) is 16.7. The number of rotatable bonds is 5. The molecule has 1 saturated heterocycles. The smallest absolute Gasteiger partial charge is 0.227 e. The molecule has 0 saturated carbocycles. The van der Waals surface area contributed by atoms with Crippen LogP contribution in [0.4, 0.5) is 0 Å². The maximum Gasteiger partial charge on any atom is 0.227 e. The van der Waals surface area contributed by atoms with Crippen molar-refractivity contribution in [1.29, 1.82) is 0 Å². The van der Waals surface area contributed by atoms with Gasteiger partial charge < -0.3 is 19.1 Å². The Morgan fingerprint density at radius 1 is 1.14 bits per heavy atom. The molecular weight excluding hydrogens is 354 g/mol. The van der Waals surface area contributed by atoms with Gasteiger partial charge in [-0.15, -0.1) is 0 Å². The van der Waals surface area contributed by atoms with Gasteiger partial charge in [0.25, 0.3) is 0 Å². The number of methoxy groups -OCH3 is 2. The molecule has 5 heteroatoms. The summed E-state index contributed by atoms with van der Waals surface area (Å²) in [5, 5.41) is 0. The molecule has 0 spiro atoms. The maximum atomic E-state index is 13.1. The van der Waals surface area contributed by atoms with Gasteiger partial charge in [0.05, 0.1) is 26.7 Å². The SMILES string of the molecule is COc1ccc([C@H]2CCCN2C(=O)Cc2ccc3c(c2)C[C@H](C)O3)cc1OC. The molecule has 4 rings (SSSR count). The summed E-state index contributed by atoms with van der Waals surface area (Å²) in [5.41, 5.74) is 3.36. The Labute approximate surface area is 166 Å². The number of ether oxygens (including phenoxy) is 3. The minimum Gasteiger partial charge on any atom is -0.493 e. The highest BCUT2D eigenvalue weighted by molar-refractivity contribution is 5.79. The van der Waals surface area contributed by atoms with Crippen LogP contribution in [0.5, 0.6) is 17.2 Å². The van der Waals surface area contributed by atoms with Crippen molar-refractivity contribution in [2.24, 2.45) is 0 Å². The number of amides is 1. The Hall–Kier alpha value is -2.69. The molecule has 0 aromatic heterocycles. The second-order valence-corrected chi connectivity index (χ2v) is 7.61. The summed E-state index contributed by atoms with van der Waals surface area (Å²) in [5.74, 6) is 2.53. The topological polar surface area (TPSA) is 48.0 Å². The van der Waals surface area contributed by atoms with Crippen LogP contribution < -0.4 is 14.2 Å². The average Bonchev–Trinajstić information content (AvgIpc) is 3.33.